The number of rotatable bonds is 3. The van der Waals surface area contributed by atoms with Crippen LogP contribution in [0.5, 0.6) is 0 Å². The fraction of sp³-hybridized carbons (Fsp3) is 0.300. The molecule has 0 radical (unpaired) electrons. The Hall–Kier alpha value is -2.31. The number of carbonyl (C=O) groups is 1. The summed E-state index contributed by atoms with van der Waals surface area (Å²) in [5.74, 6) is 0.0446. The van der Waals surface area contributed by atoms with Crippen LogP contribution in [0.2, 0.25) is 0 Å². The number of carbonyl (C=O) groups excluding carboxylic acids is 1. The Balaban J connectivity index is 2.26. The molecule has 2 aromatic heterocycles. The van der Waals surface area contributed by atoms with Crippen molar-refractivity contribution in [3.05, 3.63) is 29.3 Å². The molecule has 7 nitrogen and oxygen atoms in total. The minimum Gasteiger partial charge on any atom is -0.291 e. The Morgan fingerprint density at radius 2 is 2.29 bits per heavy atom. The van der Waals surface area contributed by atoms with Gasteiger partial charge >= 0.3 is 0 Å². The summed E-state index contributed by atoms with van der Waals surface area (Å²) in [6.45, 7) is 3.71. The predicted molar refractivity (Wildman–Crippen MR) is 60.5 cm³/mol. The quantitative estimate of drug-likeness (QED) is 0.812. The second-order valence-electron chi connectivity index (χ2n) is 3.49. The first-order chi connectivity index (χ1) is 8.20. The van der Waals surface area contributed by atoms with Crippen molar-refractivity contribution in [2.45, 2.75) is 20.3 Å². The lowest BCUT2D eigenvalue weighted by atomic mass is 10.1. The number of amides is 1. The summed E-state index contributed by atoms with van der Waals surface area (Å²) in [4.78, 5) is 15.8. The number of aryl methyl sites for hydroxylation is 2. The molecule has 0 aliphatic rings. The minimum absolute atomic E-state index is 0.267. The maximum atomic E-state index is 12.0. The molecule has 2 rings (SSSR count). The van der Waals surface area contributed by atoms with Crippen molar-refractivity contribution in [1.29, 1.82) is 0 Å². The molecule has 0 aliphatic carbocycles. The second-order valence-corrected chi connectivity index (χ2v) is 3.49. The third-order valence-electron chi connectivity index (χ3n) is 2.22. The van der Waals surface area contributed by atoms with Gasteiger partial charge in [0, 0.05) is 0 Å². The van der Waals surface area contributed by atoms with Gasteiger partial charge in [-0.25, -0.2) is 5.10 Å². The zero-order chi connectivity index (χ0) is 12.3. The van der Waals surface area contributed by atoms with Gasteiger partial charge in [-0.15, -0.1) is 0 Å². The first-order valence-corrected chi connectivity index (χ1v) is 5.20. The van der Waals surface area contributed by atoms with Crippen molar-refractivity contribution in [1.82, 2.24) is 25.4 Å². The Labute approximate surface area is 97.7 Å². The largest absolute Gasteiger partial charge is 0.291 e. The fourth-order valence-corrected chi connectivity index (χ4v) is 1.41. The van der Waals surface area contributed by atoms with E-state index in [1.807, 2.05) is 6.92 Å². The van der Waals surface area contributed by atoms with E-state index in [9.17, 15) is 4.79 Å². The van der Waals surface area contributed by atoms with Crippen LogP contribution < -0.4 is 5.32 Å². The summed E-state index contributed by atoms with van der Waals surface area (Å²) in [5, 5.41) is 16.7. The smallest absolute Gasteiger partial charge is 0.259 e. The fourth-order valence-electron chi connectivity index (χ4n) is 1.41. The molecule has 0 atom stereocenters. The normalized spacial score (nSPS) is 10.2. The van der Waals surface area contributed by atoms with E-state index in [0.717, 1.165) is 0 Å². The first-order valence-electron chi connectivity index (χ1n) is 5.20. The lowest BCUT2D eigenvalue weighted by molar-refractivity contribution is 0.102. The topological polar surface area (TPSA) is 96.5 Å². The van der Waals surface area contributed by atoms with Gasteiger partial charge in [-0.05, 0) is 19.4 Å². The molecule has 0 saturated heterocycles. The zero-order valence-electron chi connectivity index (χ0n) is 9.56. The van der Waals surface area contributed by atoms with Crippen LogP contribution in [0, 0.1) is 6.92 Å². The highest BCUT2D eigenvalue weighted by Crippen LogP contribution is 2.09. The van der Waals surface area contributed by atoms with Crippen molar-refractivity contribution < 1.29 is 4.79 Å². The average molecular weight is 232 g/mol. The van der Waals surface area contributed by atoms with E-state index in [4.69, 9.17) is 0 Å². The molecule has 0 saturated carbocycles. The minimum atomic E-state index is -0.267. The van der Waals surface area contributed by atoms with E-state index >= 15 is 0 Å². The molecule has 2 heterocycles. The molecule has 7 heteroatoms. The number of nitrogens with zero attached hydrogens (tertiary/aromatic N) is 4. The van der Waals surface area contributed by atoms with Crippen LogP contribution in [0.1, 0.15) is 28.7 Å². The van der Waals surface area contributed by atoms with Crippen LogP contribution >= 0.6 is 0 Å². The lowest BCUT2D eigenvalue weighted by Gasteiger charge is -2.06. The monoisotopic (exact) mass is 232 g/mol. The van der Waals surface area contributed by atoms with Crippen LogP contribution in [-0.4, -0.2) is 31.3 Å². The Morgan fingerprint density at radius 1 is 1.47 bits per heavy atom. The van der Waals surface area contributed by atoms with Gasteiger partial charge in [0.25, 0.3) is 5.91 Å². The summed E-state index contributed by atoms with van der Waals surface area (Å²) >= 11 is 0. The molecule has 88 valence electrons. The van der Waals surface area contributed by atoms with Gasteiger partial charge < -0.3 is 0 Å². The molecular formula is C10H12N6O. The number of hydrogen-bond acceptors (Lipinski definition) is 5. The van der Waals surface area contributed by atoms with Gasteiger partial charge in [0.2, 0.25) is 5.95 Å². The molecule has 2 N–H and O–H groups in total. The predicted octanol–water partition coefficient (Wildman–Crippen LogP) is 0.718. The molecule has 2 aromatic rings. The van der Waals surface area contributed by atoms with E-state index in [2.05, 4.69) is 30.7 Å². The average Bonchev–Trinajstić information content (AvgIpc) is 2.81. The van der Waals surface area contributed by atoms with Crippen molar-refractivity contribution in [2.75, 3.05) is 5.32 Å². The van der Waals surface area contributed by atoms with E-state index in [1.54, 1.807) is 13.0 Å². The molecular weight excluding hydrogens is 220 g/mol. The van der Waals surface area contributed by atoms with Gasteiger partial charge in [-0.3, -0.25) is 10.1 Å². The number of hydrogen-bond donors (Lipinski definition) is 2. The highest BCUT2D eigenvalue weighted by molar-refractivity contribution is 6.04. The Morgan fingerprint density at radius 3 is 2.94 bits per heavy atom. The molecule has 0 spiro atoms. The number of nitrogens with one attached hydrogen (secondary N) is 2. The first kappa shape index (κ1) is 11.2. The van der Waals surface area contributed by atoms with Crippen LogP contribution in [0.25, 0.3) is 0 Å². The highest BCUT2D eigenvalue weighted by Gasteiger charge is 2.13. The highest BCUT2D eigenvalue weighted by atomic mass is 16.1. The van der Waals surface area contributed by atoms with Gasteiger partial charge in [0.15, 0.2) is 0 Å². The molecule has 0 fully saturated rings. The molecule has 17 heavy (non-hydrogen) atoms. The third-order valence-corrected chi connectivity index (χ3v) is 2.22. The van der Waals surface area contributed by atoms with Gasteiger partial charge in [-0.1, -0.05) is 6.92 Å². The summed E-state index contributed by atoms with van der Waals surface area (Å²) in [5.41, 5.74) is 1.87. The summed E-state index contributed by atoms with van der Waals surface area (Å²) in [6.07, 6.45) is 1.97. The Bertz CT molecular complexity index is 522. The Kier molecular flexibility index (Phi) is 3.08. The van der Waals surface area contributed by atoms with Crippen LogP contribution in [-0.2, 0) is 6.42 Å². The zero-order valence-corrected chi connectivity index (χ0v) is 9.56. The molecule has 1 amide bonds. The number of aromatic amines is 1. The number of aromatic nitrogens is 5. The van der Waals surface area contributed by atoms with E-state index in [1.165, 1.54) is 6.33 Å². The number of H-pyrrole nitrogens is 1. The third kappa shape index (κ3) is 2.44. The molecule has 0 bridgehead atoms. The van der Waals surface area contributed by atoms with E-state index in [0.29, 0.717) is 29.3 Å². The standard InChI is InChI=1S/C10H12N6O/c1-3-8-7(4-6(2)14-15-8)9(17)13-10-11-5-12-16-10/h4-5H,3H2,1-2H3,(H2,11,12,13,16,17). The SMILES string of the molecule is CCc1nnc(C)cc1C(=O)Nc1ncn[nH]1. The maximum absolute atomic E-state index is 12.0. The number of anilines is 1. The van der Waals surface area contributed by atoms with Gasteiger partial charge in [0.05, 0.1) is 17.0 Å². The second kappa shape index (κ2) is 4.69. The van der Waals surface area contributed by atoms with Crippen molar-refractivity contribution in [2.24, 2.45) is 0 Å². The van der Waals surface area contributed by atoms with Gasteiger partial charge in [-0.2, -0.15) is 20.3 Å². The van der Waals surface area contributed by atoms with Crippen LogP contribution in [0.4, 0.5) is 5.95 Å². The van der Waals surface area contributed by atoms with E-state index in [-0.39, 0.29) is 5.91 Å². The molecule has 0 unspecified atom stereocenters. The maximum Gasteiger partial charge on any atom is 0.259 e. The lowest BCUT2D eigenvalue weighted by Crippen LogP contribution is -2.17. The van der Waals surface area contributed by atoms with Crippen molar-refractivity contribution in [3.63, 3.8) is 0 Å². The summed E-state index contributed by atoms with van der Waals surface area (Å²) in [7, 11) is 0. The van der Waals surface area contributed by atoms with E-state index < -0.39 is 0 Å². The summed E-state index contributed by atoms with van der Waals surface area (Å²) in [6, 6.07) is 1.71. The van der Waals surface area contributed by atoms with Crippen molar-refractivity contribution in [3.8, 4) is 0 Å². The molecule has 0 aliphatic heterocycles. The summed E-state index contributed by atoms with van der Waals surface area (Å²) < 4.78 is 0. The van der Waals surface area contributed by atoms with Crippen molar-refractivity contribution >= 4 is 11.9 Å². The van der Waals surface area contributed by atoms with Crippen LogP contribution in [0.3, 0.4) is 0 Å². The molecule has 0 aromatic carbocycles. The van der Waals surface area contributed by atoms with Crippen LogP contribution in [0.15, 0.2) is 12.4 Å². The van der Waals surface area contributed by atoms with Gasteiger partial charge in [0.1, 0.15) is 6.33 Å².